The predicted octanol–water partition coefficient (Wildman–Crippen LogP) is 3.66. The minimum absolute atomic E-state index is 0. The van der Waals surface area contributed by atoms with E-state index in [1.807, 2.05) is 0 Å². The van der Waals surface area contributed by atoms with E-state index in [1.165, 1.54) is 0 Å². The maximum absolute atomic E-state index is 12.7. The van der Waals surface area contributed by atoms with Crippen LogP contribution in [0.2, 0.25) is 0 Å². The van der Waals surface area contributed by atoms with Crippen LogP contribution < -0.4 is 10.5 Å². The van der Waals surface area contributed by atoms with E-state index in [4.69, 9.17) is 5.73 Å². The molecule has 23 heavy (non-hydrogen) atoms. The van der Waals surface area contributed by atoms with Gasteiger partial charge in [-0.1, -0.05) is 12.1 Å². The molecule has 11 heteroatoms. The van der Waals surface area contributed by atoms with Crippen LogP contribution in [0.4, 0.5) is 30.7 Å². The second kappa shape index (κ2) is 8.02. The number of hydrogen-bond donors (Lipinski definition) is 2. The molecule has 134 valence electrons. The van der Waals surface area contributed by atoms with E-state index in [9.17, 15) is 35.8 Å². The molecule has 0 fully saturated rings. The van der Waals surface area contributed by atoms with Gasteiger partial charge in [0.2, 0.25) is 0 Å². The number of nitrogens with two attached hydrogens (primary N) is 1. The molecule has 0 saturated heterocycles. The van der Waals surface area contributed by atoms with Crippen molar-refractivity contribution in [1.29, 1.82) is 0 Å². The van der Waals surface area contributed by atoms with Crippen molar-refractivity contribution in [3.63, 3.8) is 0 Å². The van der Waals surface area contributed by atoms with E-state index in [1.54, 1.807) is 0 Å². The Hall–Kier alpha value is -1.26. The van der Waals surface area contributed by atoms with Crippen LogP contribution in [0.5, 0.6) is 5.75 Å². The molecule has 0 saturated carbocycles. The topological polar surface area (TPSA) is 55.5 Å². The summed E-state index contributed by atoms with van der Waals surface area (Å²) < 4.78 is 90.0. The largest absolute Gasteiger partial charge is 0.461 e. The van der Waals surface area contributed by atoms with Crippen LogP contribution in [0.1, 0.15) is 18.1 Å². The van der Waals surface area contributed by atoms with Crippen LogP contribution in [-0.4, -0.2) is 29.9 Å². The molecule has 0 aliphatic carbocycles. The second-order valence-electron chi connectivity index (χ2n) is 4.44. The van der Waals surface area contributed by atoms with Crippen molar-refractivity contribution >= 4 is 12.4 Å². The summed E-state index contributed by atoms with van der Waals surface area (Å²) in [5, 5.41) is 9.62. The monoisotopic (exact) mass is 371 g/mol. The molecular formula is C12H13ClF7NO2. The van der Waals surface area contributed by atoms with Crippen LogP contribution in [-0.2, 0) is 0 Å². The smallest absolute Gasteiger partial charge is 0.428 e. The van der Waals surface area contributed by atoms with Gasteiger partial charge in [0.05, 0.1) is 6.10 Å². The Balaban J connectivity index is 0.00000484. The Morgan fingerprint density at radius 3 is 2.17 bits per heavy atom. The third kappa shape index (κ3) is 6.40. The van der Waals surface area contributed by atoms with Gasteiger partial charge in [0.25, 0.3) is 0 Å². The number of aliphatic hydroxyl groups is 1. The van der Waals surface area contributed by atoms with Crippen LogP contribution in [0.3, 0.4) is 0 Å². The summed E-state index contributed by atoms with van der Waals surface area (Å²) in [7, 11) is 0. The first-order valence-corrected chi connectivity index (χ1v) is 5.89. The Morgan fingerprint density at radius 2 is 1.70 bits per heavy atom. The van der Waals surface area contributed by atoms with E-state index < -0.39 is 43.0 Å². The van der Waals surface area contributed by atoms with Gasteiger partial charge < -0.3 is 15.6 Å². The zero-order valence-electron chi connectivity index (χ0n) is 11.2. The summed E-state index contributed by atoms with van der Waals surface area (Å²) in [4.78, 5) is 0. The Bertz CT molecular complexity index is 499. The summed E-state index contributed by atoms with van der Waals surface area (Å²) in [6.07, 6.45) is -16.2. The molecule has 0 heterocycles. The highest BCUT2D eigenvalue weighted by molar-refractivity contribution is 5.85. The van der Waals surface area contributed by atoms with Crippen LogP contribution >= 0.6 is 12.4 Å². The lowest BCUT2D eigenvalue weighted by atomic mass is 10.0. The standard InChI is InChI=1S/C12H12F7NO2.ClH/c13-10(14)12(18,19)22-7-3-1-2-6(4-7)8(21)5-9(20)11(15,16)17;/h1-4,8-10,21H,5,20H2;1H/t8-,9-;/m0./s1. The van der Waals surface area contributed by atoms with Crippen molar-refractivity contribution in [3.8, 4) is 5.75 Å². The van der Waals surface area contributed by atoms with Crippen molar-refractivity contribution in [3.05, 3.63) is 29.8 Å². The van der Waals surface area contributed by atoms with Crippen LogP contribution in [0.25, 0.3) is 0 Å². The molecule has 1 aromatic rings. The van der Waals surface area contributed by atoms with Gasteiger partial charge in [-0.15, -0.1) is 12.4 Å². The Morgan fingerprint density at radius 1 is 1.13 bits per heavy atom. The number of hydrogen-bond acceptors (Lipinski definition) is 3. The lowest BCUT2D eigenvalue weighted by Crippen LogP contribution is -2.38. The molecule has 0 bridgehead atoms. The van der Waals surface area contributed by atoms with E-state index in [0.717, 1.165) is 24.3 Å². The first kappa shape index (κ1) is 21.7. The molecule has 1 rings (SSSR count). The third-order valence-electron chi connectivity index (χ3n) is 2.65. The van der Waals surface area contributed by atoms with E-state index in [-0.39, 0.29) is 18.0 Å². The highest BCUT2D eigenvalue weighted by atomic mass is 35.5. The molecule has 0 radical (unpaired) electrons. The van der Waals surface area contributed by atoms with Crippen molar-refractivity contribution in [2.75, 3.05) is 0 Å². The fourth-order valence-electron chi connectivity index (χ4n) is 1.50. The zero-order valence-corrected chi connectivity index (χ0v) is 12.1. The van der Waals surface area contributed by atoms with Gasteiger partial charge in [0.15, 0.2) is 0 Å². The Kier molecular flexibility index (Phi) is 7.58. The zero-order chi connectivity index (χ0) is 17.1. The Labute approximate surface area is 132 Å². The van der Waals surface area contributed by atoms with Crippen molar-refractivity contribution in [1.82, 2.24) is 0 Å². The van der Waals surface area contributed by atoms with E-state index in [2.05, 4.69) is 4.74 Å². The molecule has 0 spiro atoms. The van der Waals surface area contributed by atoms with Gasteiger partial charge in [-0.25, -0.2) is 0 Å². The van der Waals surface area contributed by atoms with Gasteiger partial charge in [0, 0.05) is 6.42 Å². The highest BCUT2D eigenvalue weighted by Crippen LogP contribution is 2.31. The lowest BCUT2D eigenvalue weighted by Gasteiger charge is -2.20. The summed E-state index contributed by atoms with van der Waals surface area (Å²) in [6, 6.07) is 1.50. The first-order valence-electron chi connectivity index (χ1n) is 5.89. The molecule has 0 aliphatic heterocycles. The first-order chi connectivity index (χ1) is 9.93. The van der Waals surface area contributed by atoms with Gasteiger partial charge >= 0.3 is 18.7 Å². The van der Waals surface area contributed by atoms with Gasteiger partial charge in [-0.2, -0.15) is 30.7 Å². The SMILES string of the molecule is Cl.N[C@@H](C[C@H](O)c1cccc(OC(F)(F)C(F)F)c1)C(F)(F)F. The number of benzene rings is 1. The average Bonchev–Trinajstić information content (AvgIpc) is 2.37. The summed E-state index contributed by atoms with van der Waals surface area (Å²) in [5.41, 5.74) is 4.61. The molecular weight excluding hydrogens is 359 g/mol. The van der Waals surface area contributed by atoms with Crippen molar-refractivity contribution in [2.24, 2.45) is 5.73 Å². The highest BCUT2D eigenvalue weighted by Gasteiger charge is 2.44. The molecule has 2 atom stereocenters. The number of alkyl halides is 7. The molecule has 0 unspecified atom stereocenters. The normalized spacial score (nSPS) is 15.0. The van der Waals surface area contributed by atoms with Crippen molar-refractivity contribution in [2.45, 2.75) is 37.3 Å². The quantitative estimate of drug-likeness (QED) is 0.750. The number of rotatable bonds is 6. The van der Waals surface area contributed by atoms with Gasteiger partial charge in [0.1, 0.15) is 11.8 Å². The predicted molar refractivity (Wildman–Crippen MR) is 68.9 cm³/mol. The maximum atomic E-state index is 12.7. The fourth-order valence-corrected chi connectivity index (χ4v) is 1.50. The molecule has 0 aromatic heterocycles. The molecule has 3 N–H and O–H groups in total. The number of ether oxygens (including phenoxy) is 1. The summed E-state index contributed by atoms with van der Waals surface area (Å²) >= 11 is 0. The summed E-state index contributed by atoms with van der Waals surface area (Å²) in [5.74, 6) is -0.720. The van der Waals surface area contributed by atoms with Gasteiger partial charge in [-0.05, 0) is 17.7 Å². The van der Waals surface area contributed by atoms with E-state index >= 15 is 0 Å². The second-order valence-corrected chi connectivity index (χ2v) is 4.44. The van der Waals surface area contributed by atoms with Crippen molar-refractivity contribution < 1.29 is 40.6 Å². The minimum atomic E-state index is -4.76. The average molecular weight is 372 g/mol. The third-order valence-corrected chi connectivity index (χ3v) is 2.65. The number of aliphatic hydroxyl groups excluding tert-OH is 1. The van der Waals surface area contributed by atoms with Crippen LogP contribution in [0, 0.1) is 0 Å². The lowest BCUT2D eigenvalue weighted by molar-refractivity contribution is -0.253. The number of halogens is 8. The molecule has 0 aliphatic rings. The van der Waals surface area contributed by atoms with Crippen LogP contribution in [0.15, 0.2) is 24.3 Å². The molecule has 0 amide bonds. The molecule has 1 aromatic carbocycles. The van der Waals surface area contributed by atoms with Gasteiger partial charge in [-0.3, -0.25) is 0 Å². The summed E-state index contributed by atoms with van der Waals surface area (Å²) in [6.45, 7) is 0. The van der Waals surface area contributed by atoms with E-state index in [0.29, 0.717) is 0 Å². The fraction of sp³-hybridized carbons (Fsp3) is 0.500. The maximum Gasteiger partial charge on any atom is 0.461 e. The molecule has 3 nitrogen and oxygen atoms in total. The minimum Gasteiger partial charge on any atom is -0.428 e.